The summed E-state index contributed by atoms with van der Waals surface area (Å²) in [6, 6.07) is -4.64. The van der Waals surface area contributed by atoms with Crippen LogP contribution in [0.25, 0.3) is 0 Å². The molecule has 0 aliphatic heterocycles. The maximum Gasteiger partial charge on any atom is 0.326 e. The molecule has 200 valence electrons. The second kappa shape index (κ2) is 17.7. The Morgan fingerprint density at radius 1 is 0.914 bits per heavy atom. The number of hydrogen-bond acceptors (Lipinski definition) is 9. The molecule has 0 spiro atoms. The minimum Gasteiger partial charge on any atom is -0.481 e. The molecule has 35 heavy (non-hydrogen) atoms. The molecular formula is C19H35N7O7S2. The van der Waals surface area contributed by atoms with Crippen molar-refractivity contribution in [2.24, 2.45) is 22.2 Å². The lowest BCUT2D eigenvalue weighted by molar-refractivity contribution is -0.143. The number of amides is 3. The summed E-state index contributed by atoms with van der Waals surface area (Å²) < 4.78 is 0. The lowest BCUT2D eigenvalue weighted by Gasteiger charge is -2.24. The third kappa shape index (κ3) is 14.3. The maximum absolute atomic E-state index is 12.8. The Morgan fingerprint density at radius 2 is 1.49 bits per heavy atom. The number of nitrogens with zero attached hydrogens (tertiary/aromatic N) is 1. The number of nitrogens with two attached hydrogens (primary N) is 3. The van der Waals surface area contributed by atoms with Gasteiger partial charge in [-0.15, -0.1) is 0 Å². The Hall–Kier alpha value is -2.72. The smallest absolute Gasteiger partial charge is 0.326 e. The van der Waals surface area contributed by atoms with Gasteiger partial charge in [0, 0.05) is 18.7 Å². The molecule has 0 aliphatic rings. The topological polar surface area (TPSA) is 252 Å². The van der Waals surface area contributed by atoms with E-state index in [1.165, 1.54) is 11.8 Å². The molecule has 3 amide bonds. The second-order valence-corrected chi connectivity index (χ2v) is 8.82. The molecule has 0 fully saturated rings. The fourth-order valence-electron chi connectivity index (χ4n) is 2.69. The van der Waals surface area contributed by atoms with E-state index in [-0.39, 0.29) is 37.5 Å². The number of nitrogens with one attached hydrogen (secondary N) is 3. The Labute approximate surface area is 213 Å². The predicted molar refractivity (Wildman–Crippen MR) is 135 cm³/mol. The first-order valence-corrected chi connectivity index (χ1v) is 12.7. The lowest BCUT2D eigenvalue weighted by Crippen LogP contribution is -2.57. The minimum absolute atomic E-state index is 0.0279. The van der Waals surface area contributed by atoms with Crippen LogP contribution in [0.15, 0.2) is 4.99 Å². The van der Waals surface area contributed by atoms with Gasteiger partial charge in [-0.25, -0.2) is 4.79 Å². The van der Waals surface area contributed by atoms with Gasteiger partial charge in [0.1, 0.15) is 18.1 Å². The third-order valence-electron chi connectivity index (χ3n) is 4.63. The Morgan fingerprint density at radius 3 is 2.00 bits per heavy atom. The number of carboxylic acids is 2. The van der Waals surface area contributed by atoms with Crippen molar-refractivity contribution in [3.8, 4) is 0 Å². The molecule has 4 unspecified atom stereocenters. The molecule has 4 atom stereocenters. The van der Waals surface area contributed by atoms with Gasteiger partial charge in [-0.05, 0) is 37.7 Å². The van der Waals surface area contributed by atoms with Crippen LogP contribution in [0.2, 0.25) is 0 Å². The van der Waals surface area contributed by atoms with Crippen LogP contribution in [0.5, 0.6) is 0 Å². The van der Waals surface area contributed by atoms with Crippen LogP contribution in [-0.2, 0) is 24.0 Å². The Balaban J connectivity index is 5.39. The highest BCUT2D eigenvalue weighted by molar-refractivity contribution is 7.98. The molecular weight excluding hydrogens is 502 g/mol. The quantitative estimate of drug-likeness (QED) is 0.0381. The second-order valence-electron chi connectivity index (χ2n) is 7.47. The highest BCUT2D eigenvalue weighted by Crippen LogP contribution is 2.05. The molecule has 0 heterocycles. The Bertz CT molecular complexity index is 766. The van der Waals surface area contributed by atoms with E-state index in [0.717, 1.165) is 0 Å². The van der Waals surface area contributed by atoms with Gasteiger partial charge in [-0.3, -0.25) is 24.2 Å². The van der Waals surface area contributed by atoms with E-state index in [0.29, 0.717) is 12.2 Å². The maximum atomic E-state index is 12.8. The summed E-state index contributed by atoms with van der Waals surface area (Å²) in [4.78, 5) is 63.8. The van der Waals surface area contributed by atoms with Crippen LogP contribution >= 0.6 is 24.4 Å². The van der Waals surface area contributed by atoms with Crippen molar-refractivity contribution in [1.29, 1.82) is 0 Å². The molecule has 0 aromatic carbocycles. The van der Waals surface area contributed by atoms with E-state index in [2.05, 4.69) is 33.6 Å². The number of thiol groups is 1. The van der Waals surface area contributed by atoms with E-state index in [4.69, 9.17) is 22.3 Å². The molecule has 11 N–H and O–H groups in total. The average Bonchev–Trinajstić information content (AvgIpc) is 2.79. The van der Waals surface area contributed by atoms with Crippen molar-refractivity contribution in [1.82, 2.24) is 16.0 Å². The molecule has 14 nitrogen and oxygen atoms in total. The van der Waals surface area contributed by atoms with Crippen LogP contribution < -0.4 is 33.2 Å². The predicted octanol–water partition coefficient (Wildman–Crippen LogP) is -2.55. The monoisotopic (exact) mass is 537 g/mol. The van der Waals surface area contributed by atoms with Crippen LogP contribution in [0.1, 0.15) is 32.1 Å². The average molecular weight is 538 g/mol. The standard InChI is InChI=1S/C19H35N7O7S2/c1-35-8-6-10(20)15(29)26-13(9-34)17(31)24-11(3-2-7-23-19(21)22)16(30)25-12(18(32)33)4-5-14(27)28/h10-13,34H,2-9,20H2,1H3,(H,24,31)(H,25,30)(H,26,29)(H,27,28)(H,32,33)(H4,21,22,23). The number of hydrogen-bond donors (Lipinski definition) is 9. The largest absolute Gasteiger partial charge is 0.481 e. The van der Waals surface area contributed by atoms with E-state index < -0.39 is 60.2 Å². The molecule has 0 saturated carbocycles. The molecule has 0 radical (unpaired) electrons. The minimum atomic E-state index is -1.48. The summed E-state index contributed by atoms with van der Waals surface area (Å²) in [5, 5.41) is 25.3. The number of guanidine groups is 1. The van der Waals surface area contributed by atoms with E-state index >= 15 is 0 Å². The third-order valence-corrected chi connectivity index (χ3v) is 5.63. The number of thioether (sulfide) groups is 1. The SMILES string of the molecule is CSCCC(N)C(=O)NC(CS)C(=O)NC(CCCN=C(N)N)C(=O)NC(CCC(=O)O)C(=O)O. The fraction of sp³-hybridized carbons (Fsp3) is 0.684. The van der Waals surface area contributed by atoms with Gasteiger partial charge in [-0.1, -0.05) is 0 Å². The first kappa shape index (κ1) is 32.3. The van der Waals surface area contributed by atoms with Gasteiger partial charge < -0.3 is 43.4 Å². The van der Waals surface area contributed by atoms with Crippen LogP contribution in [0, 0.1) is 0 Å². The Kier molecular flexibility index (Phi) is 16.3. The number of rotatable bonds is 18. The summed E-state index contributed by atoms with van der Waals surface area (Å²) in [5.74, 6) is -4.39. The van der Waals surface area contributed by atoms with E-state index in [1.807, 2.05) is 6.26 Å². The summed E-state index contributed by atoms with van der Waals surface area (Å²) in [7, 11) is 0. The van der Waals surface area contributed by atoms with Gasteiger partial charge >= 0.3 is 11.9 Å². The number of carbonyl (C=O) groups is 5. The molecule has 0 aliphatic carbocycles. The zero-order valence-corrected chi connectivity index (χ0v) is 21.1. The van der Waals surface area contributed by atoms with Crippen LogP contribution in [0.3, 0.4) is 0 Å². The van der Waals surface area contributed by atoms with Gasteiger partial charge in [0.15, 0.2) is 5.96 Å². The highest BCUT2D eigenvalue weighted by Gasteiger charge is 2.29. The first-order valence-electron chi connectivity index (χ1n) is 10.7. The molecule has 0 saturated heterocycles. The highest BCUT2D eigenvalue weighted by atomic mass is 32.2. The van der Waals surface area contributed by atoms with Gasteiger partial charge in [0.05, 0.1) is 6.04 Å². The number of aliphatic imine (C=N–C) groups is 1. The molecule has 0 aromatic rings. The molecule has 0 aromatic heterocycles. The van der Waals surface area contributed by atoms with Crippen molar-refractivity contribution in [3.05, 3.63) is 0 Å². The normalized spacial score (nSPS) is 14.0. The van der Waals surface area contributed by atoms with Crippen LogP contribution in [0.4, 0.5) is 0 Å². The number of carboxylic acid groups (broad SMARTS) is 2. The molecule has 0 rings (SSSR count). The van der Waals surface area contributed by atoms with Gasteiger partial charge in [-0.2, -0.15) is 24.4 Å². The van der Waals surface area contributed by atoms with Crippen molar-refractivity contribution in [2.75, 3.05) is 24.3 Å². The summed E-state index contributed by atoms with van der Waals surface area (Å²) >= 11 is 5.60. The number of aliphatic carboxylic acids is 2. The van der Waals surface area contributed by atoms with Crippen molar-refractivity contribution in [3.63, 3.8) is 0 Å². The van der Waals surface area contributed by atoms with Crippen molar-refractivity contribution < 1.29 is 34.2 Å². The van der Waals surface area contributed by atoms with E-state index in [9.17, 15) is 29.1 Å². The van der Waals surface area contributed by atoms with Gasteiger partial charge in [0.25, 0.3) is 0 Å². The zero-order chi connectivity index (χ0) is 27.0. The summed E-state index contributed by atoms with van der Waals surface area (Å²) in [5.41, 5.74) is 16.4. The van der Waals surface area contributed by atoms with Crippen molar-refractivity contribution in [2.45, 2.75) is 56.3 Å². The summed E-state index contributed by atoms with van der Waals surface area (Å²) in [6.07, 6.45) is 1.71. The number of carbonyl (C=O) groups excluding carboxylic acids is 3. The molecule has 16 heteroatoms. The first-order chi connectivity index (χ1) is 16.4. The lowest BCUT2D eigenvalue weighted by atomic mass is 10.1. The summed E-state index contributed by atoms with van der Waals surface area (Å²) in [6.45, 7) is 0.139. The van der Waals surface area contributed by atoms with Gasteiger partial charge in [0.2, 0.25) is 17.7 Å². The molecule has 0 bridgehead atoms. The zero-order valence-electron chi connectivity index (χ0n) is 19.4. The van der Waals surface area contributed by atoms with Crippen LogP contribution in [-0.4, -0.2) is 94.3 Å². The van der Waals surface area contributed by atoms with Crippen molar-refractivity contribution >= 4 is 60.0 Å². The van der Waals surface area contributed by atoms with E-state index in [1.54, 1.807) is 0 Å². The fourth-order valence-corrected chi connectivity index (χ4v) is 3.44.